The molecule has 0 bridgehead atoms. The second kappa shape index (κ2) is 6.94. The molecule has 0 atom stereocenters. The summed E-state index contributed by atoms with van der Waals surface area (Å²) in [5, 5.41) is 2.89. The lowest BCUT2D eigenvalue weighted by Gasteiger charge is -2.14. The van der Waals surface area contributed by atoms with E-state index in [1.54, 1.807) is 0 Å². The molecule has 3 rings (SSSR count). The Hall–Kier alpha value is -2.17. The molecule has 3 aromatic rings. The molecule has 0 fully saturated rings. The van der Waals surface area contributed by atoms with Crippen molar-refractivity contribution in [2.24, 2.45) is 0 Å². The topological polar surface area (TPSA) is 39.2 Å². The molecule has 0 spiro atoms. The number of hydrogen-bond donors (Lipinski definition) is 0. The molecule has 0 saturated carbocycles. The zero-order valence-electron chi connectivity index (χ0n) is 12.5. The van der Waals surface area contributed by atoms with Gasteiger partial charge >= 0.3 is 0 Å². The molecule has 0 saturated heterocycles. The molecule has 2 aromatic carbocycles. The second-order valence-corrected chi connectivity index (χ2v) is 6.39. The Morgan fingerprint density at radius 1 is 1.26 bits per heavy atom. The summed E-state index contributed by atoms with van der Waals surface area (Å²) in [6, 6.07) is 13.6. The fourth-order valence-electron chi connectivity index (χ4n) is 2.31. The summed E-state index contributed by atoms with van der Waals surface area (Å²) >= 11 is 7.48. The van der Waals surface area contributed by atoms with Crippen molar-refractivity contribution in [1.82, 2.24) is 4.98 Å². The van der Waals surface area contributed by atoms with Gasteiger partial charge in [0.25, 0.3) is 0 Å². The molecule has 0 aliphatic carbocycles. The van der Waals surface area contributed by atoms with Crippen LogP contribution in [0.15, 0.2) is 47.8 Å². The Morgan fingerprint density at radius 2 is 2.04 bits per heavy atom. The van der Waals surface area contributed by atoms with Crippen LogP contribution in [0.5, 0.6) is 5.75 Å². The first-order valence-electron chi connectivity index (χ1n) is 7.05. The van der Waals surface area contributed by atoms with Gasteiger partial charge in [-0.05, 0) is 30.2 Å². The van der Waals surface area contributed by atoms with Crippen molar-refractivity contribution >= 4 is 29.2 Å². The van der Waals surface area contributed by atoms with Gasteiger partial charge in [-0.15, -0.1) is 11.3 Å². The fourth-order valence-corrected chi connectivity index (χ4v) is 3.20. The number of benzene rings is 2. The molecule has 116 valence electrons. The third-order valence-corrected chi connectivity index (χ3v) is 4.35. The van der Waals surface area contributed by atoms with Crippen molar-refractivity contribution in [1.29, 1.82) is 0 Å². The minimum absolute atomic E-state index is 0.437. The minimum atomic E-state index is 0.437. The summed E-state index contributed by atoms with van der Waals surface area (Å²) < 4.78 is 6.02. The van der Waals surface area contributed by atoms with Crippen molar-refractivity contribution in [2.75, 3.05) is 0 Å². The summed E-state index contributed by atoms with van der Waals surface area (Å²) in [5.74, 6) is 0.737. The lowest BCUT2D eigenvalue weighted by Crippen LogP contribution is -1.99. The number of hydrogen-bond acceptors (Lipinski definition) is 4. The molecule has 0 aliphatic heterocycles. The van der Waals surface area contributed by atoms with E-state index in [0.717, 1.165) is 28.7 Å². The molecule has 0 unspecified atom stereocenters. The highest BCUT2D eigenvalue weighted by atomic mass is 35.5. The maximum absolute atomic E-state index is 10.9. The van der Waals surface area contributed by atoms with Crippen molar-refractivity contribution < 1.29 is 9.53 Å². The first-order chi connectivity index (χ1) is 11.2. The van der Waals surface area contributed by atoms with E-state index in [1.165, 1.54) is 11.3 Å². The summed E-state index contributed by atoms with van der Waals surface area (Å²) in [7, 11) is 0. The van der Waals surface area contributed by atoms with Gasteiger partial charge in [0.2, 0.25) is 0 Å². The van der Waals surface area contributed by atoms with Gasteiger partial charge in [0, 0.05) is 16.0 Å². The normalized spacial score (nSPS) is 10.5. The lowest BCUT2D eigenvalue weighted by atomic mass is 10.1. The number of aldehydes is 1. The number of thiazole rings is 1. The lowest BCUT2D eigenvalue weighted by molar-refractivity contribution is 0.112. The van der Waals surface area contributed by atoms with E-state index < -0.39 is 0 Å². The van der Waals surface area contributed by atoms with Crippen LogP contribution in [0, 0.1) is 6.92 Å². The average molecular weight is 344 g/mol. The van der Waals surface area contributed by atoms with Gasteiger partial charge in [-0.1, -0.05) is 41.9 Å². The zero-order chi connectivity index (χ0) is 16.2. The molecule has 0 amide bonds. The minimum Gasteiger partial charge on any atom is -0.488 e. The largest absolute Gasteiger partial charge is 0.488 e. The Balaban J connectivity index is 1.96. The van der Waals surface area contributed by atoms with Crippen LogP contribution in [0.25, 0.3) is 11.3 Å². The molecule has 1 heterocycles. The quantitative estimate of drug-likeness (QED) is 0.600. The van der Waals surface area contributed by atoms with Crippen molar-refractivity contribution in [2.45, 2.75) is 13.5 Å². The Morgan fingerprint density at radius 3 is 2.74 bits per heavy atom. The van der Waals surface area contributed by atoms with Crippen LogP contribution in [0.1, 0.15) is 20.9 Å². The molecule has 0 N–H and O–H groups in total. The predicted octanol–water partition coefficient (Wildman–Crippen LogP) is 5.16. The average Bonchev–Trinajstić information content (AvgIpc) is 3.03. The van der Waals surface area contributed by atoms with Crippen molar-refractivity contribution in [3.8, 4) is 17.0 Å². The second-order valence-electron chi connectivity index (χ2n) is 5.06. The summed E-state index contributed by atoms with van der Waals surface area (Å²) in [5.41, 5.74) is 3.52. The third kappa shape index (κ3) is 3.60. The van der Waals surface area contributed by atoms with Crippen LogP contribution < -0.4 is 4.74 Å². The molecule has 1 aromatic heterocycles. The first-order valence-corrected chi connectivity index (χ1v) is 8.31. The molecule has 5 heteroatoms. The van der Waals surface area contributed by atoms with Crippen LogP contribution >= 0.6 is 22.9 Å². The molecular formula is C18H14ClNO2S. The molecule has 0 aliphatic rings. The van der Waals surface area contributed by atoms with Crippen LogP contribution in [0.4, 0.5) is 0 Å². The maximum Gasteiger partial charge on any atom is 0.178 e. The van der Waals surface area contributed by atoms with E-state index in [0.29, 0.717) is 22.3 Å². The van der Waals surface area contributed by atoms with Gasteiger partial charge in [-0.2, -0.15) is 0 Å². The van der Waals surface area contributed by atoms with Gasteiger partial charge in [0.05, 0.1) is 5.69 Å². The van der Waals surface area contributed by atoms with Gasteiger partial charge in [-0.3, -0.25) is 4.79 Å². The summed E-state index contributed by atoms with van der Waals surface area (Å²) in [6.07, 6.45) is 0.746. The van der Waals surface area contributed by atoms with Gasteiger partial charge in [0.1, 0.15) is 12.4 Å². The Bertz CT molecular complexity index is 830. The maximum atomic E-state index is 10.9. The van der Waals surface area contributed by atoms with Crippen molar-refractivity contribution in [3.63, 3.8) is 0 Å². The number of nitrogens with zero attached hydrogens (tertiary/aromatic N) is 1. The number of rotatable bonds is 5. The standard InChI is InChI=1S/C18H14ClNO2S/c1-12-7-14(19)8-15(16-11-23-17(9-21)20-16)18(12)22-10-13-5-3-2-4-6-13/h2-9,11H,10H2,1H3. The Kier molecular flexibility index (Phi) is 4.74. The smallest absolute Gasteiger partial charge is 0.178 e. The number of aromatic nitrogens is 1. The molecular weight excluding hydrogens is 330 g/mol. The third-order valence-electron chi connectivity index (χ3n) is 3.36. The number of halogens is 1. The summed E-state index contributed by atoms with van der Waals surface area (Å²) in [4.78, 5) is 15.2. The highest BCUT2D eigenvalue weighted by Gasteiger charge is 2.14. The van der Waals surface area contributed by atoms with E-state index in [9.17, 15) is 4.79 Å². The number of aryl methyl sites for hydroxylation is 1. The zero-order valence-corrected chi connectivity index (χ0v) is 14.0. The van der Waals surface area contributed by atoms with Crippen LogP contribution in [-0.2, 0) is 6.61 Å². The monoisotopic (exact) mass is 343 g/mol. The van der Waals surface area contributed by atoms with E-state index >= 15 is 0 Å². The van der Waals surface area contributed by atoms with Gasteiger partial charge in [-0.25, -0.2) is 4.98 Å². The number of ether oxygens (including phenoxy) is 1. The number of carbonyl (C=O) groups excluding carboxylic acids is 1. The highest BCUT2D eigenvalue weighted by Crippen LogP contribution is 2.36. The van der Waals surface area contributed by atoms with E-state index in [1.807, 2.05) is 54.8 Å². The highest BCUT2D eigenvalue weighted by molar-refractivity contribution is 7.11. The Labute approximate surface area is 143 Å². The molecule has 3 nitrogen and oxygen atoms in total. The molecule has 0 radical (unpaired) electrons. The van der Waals surface area contributed by atoms with Crippen LogP contribution in [-0.4, -0.2) is 11.3 Å². The predicted molar refractivity (Wildman–Crippen MR) is 93.5 cm³/mol. The molecule has 23 heavy (non-hydrogen) atoms. The van der Waals surface area contributed by atoms with Crippen LogP contribution in [0.3, 0.4) is 0 Å². The fraction of sp³-hybridized carbons (Fsp3) is 0.111. The summed E-state index contributed by atoms with van der Waals surface area (Å²) in [6.45, 7) is 2.41. The van der Waals surface area contributed by atoms with Gasteiger partial charge in [0.15, 0.2) is 11.3 Å². The SMILES string of the molecule is Cc1cc(Cl)cc(-c2csc(C=O)n2)c1OCc1ccccc1. The number of carbonyl (C=O) groups is 1. The van der Waals surface area contributed by atoms with Gasteiger partial charge < -0.3 is 4.74 Å². The van der Waals surface area contributed by atoms with E-state index in [4.69, 9.17) is 16.3 Å². The van der Waals surface area contributed by atoms with E-state index in [2.05, 4.69) is 4.98 Å². The van der Waals surface area contributed by atoms with Crippen molar-refractivity contribution in [3.05, 3.63) is 69.0 Å². The van der Waals surface area contributed by atoms with Crippen LogP contribution in [0.2, 0.25) is 5.02 Å². The first kappa shape index (κ1) is 15.7. The van der Waals surface area contributed by atoms with E-state index in [-0.39, 0.29) is 0 Å².